The van der Waals surface area contributed by atoms with Crippen LogP contribution in [0.3, 0.4) is 0 Å². The Balaban J connectivity index is 0.000000444. The fraction of sp³-hybridized carbons (Fsp3) is 0.316. The van der Waals surface area contributed by atoms with Gasteiger partial charge in [-0.05, 0) is 43.6 Å². The van der Waals surface area contributed by atoms with Crippen molar-refractivity contribution >= 4 is 24.8 Å². The van der Waals surface area contributed by atoms with Gasteiger partial charge >= 0.3 is 0 Å². The molecule has 1 aliphatic rings. The van der Waals surface area contributed by atoms with Crippen molar-refractivity contribution in [3.8, 4) is 29.0 Å². The standard InChI is InChI=1S/C14H9N3OS2.C5H11N.H2O/c1-18-9-4-2-8(3-5-9)12-10(6-15)13(19)17-14(20)11(12)7-16;1-2-4-6-5-3-1;/h2-5H,1H3,(H2,17,19,20);6H,1-5H2;1H2. The molecule has 0 aliphatic carbocycles. The third kappa shape index (κ3) is 5.81. The molecule has 0 spiro atoms. The van der Waals surface area contributed by atoms with Crippen LogP contribution in [0.25, 0.3) is 11.1 Å². The van der Waals surface area contributed by atoms with Crippen molar-refractivity contribution in [3.63, 3.8) is 0 Å². The van der Waals surface area contributed by atoms with Crippen molar-refractivity contribution in [2.45, 2.75) is 24.3 Å². The Hall–Kier alpha value is -2.36. The number of aromatic amines is 1. The number of ether oxygens (including phenoxy) is 1. The van der Waals surface area contributed by atoms with Gasteiger partial charge in [-0.1, -0.05) is 30.8 Å². The first-order valence-corrected chi connectivity index (χ1v) is 9.12. The average Bonchev–Trinajstić information content (AvgIpc) is 2.69. The number of methoxy groups -OCH3 is 1. The van der Waals surface area contributed by atoms with Crippen LogP contribution in [0.5, 0.6) is 5.75 Å². The summed E-state index contributed by atoms with van der Waals surface area (Å²) in [4.78, 5) is 2.75. The lowest BCUT2D eigenvalue weighted by Crippen LogP contribution is -2.21. The zero-order chi connectivity index (χ0) is 18.9. The van der Waals surface area contributed by atoms with Crippen molar-refractivity contribution in [2.75, 3.05) is 20.2 Å². The molecule has 0 unspecified atom stereocenters. The molecule has 0 saturated carbocycles. The molecule has 1 saturated heterocycles. The fourth-order valence-electron chi connectivity index (χ4n) is 2.65. The van der Waals surface area contributed by atoms with Crippen LogP contribution in [0.4, 0.5) is 0 Å². The summed E-state index contributed by atoms with van der Waals surface area (Å²) in [5.41, 5.74) is 1.77. The van der Waals surface area contributed by atoms with Crippen molar-refractivity contribution in [2.24, 2.45) is 0 Å². The highest BCUT2D eigenvalue weighted by atomic mass is 32.1. The van der Waals surface area contributed by atoms with Crippen molar-refractivity contribution in [1.29, 1.82) is 10.5 Å². The van der Waals surface area contributed by atoms with E-state index in [2.05, 4.69) is 29.0 Å². The molecule has 1 aliphatic heterocycles. The molecule has 1 aromatic heterocycles. The third-order valence-electron chi connectivity index (χ3n) is 4.01. The van der Waals surface area contributed by atoms with Crippen LogP contribution in [0.2, 0.25) is 0 Å². The van der Waals surface area contributed by atoms with E-state index in [-0.39, 0.29) is 15.7 Å². The molecule has 6 nitrogen and oxygen atoms in total. The Kier molecular flexibility index (Phi) is 9.55. The van der Waals surface area contributed by atoms with E-state index in [1.54, 1.807) is 31.4 Å². The van der Waals surface area contributed by atoms with Crippen LogP contribution in [-0.4, -0.2) is 30.7 Å². The van der Waals surface area contributed by atoms with Crippen molar-refractivity contribution < 1.29 is 10.2 Å². The Labute approximate surface area is 169 Å². The summed E-state index contributed by atoms with van der Waals surface area (Å²) in [6, 6.07) is 11.2. The molecular formula is C19H22N4O2S2. The molecule has 2 aromatic rings. The summed E-state index contributed by atoms with van der Waals surface area (Å²) >= 11 is 9.33. The first-order valence-electron chi connectivity index (χ1n) is 8.27. The molecule has 8 heteroatoms. The van der Waals surface area contributed by atoms with Gasteiger partial charge in [-0.25, -0.2) is 0 Å². The second-order valence-corrected chi connectivity index (χ2v) is 6.55. The van der Waals surface area contributed by atoms with Gasteiger partial charge in [-0.3, -0.25) is 0 Å². The number of nitriles is 2. The molecular weight excluding hydrogens is 380 g/mol. The topological polar surface area (TPSA) is 116 Å². The van der Waals surface area contributed by atoms with E-state index < -0.39 is 0 Å². The van der Waals surface area contributed by atoms with Crippen LogP contribution >= 0.6 is 24.8 Å². The van der Waals surface area contributed by atoms with Crippen LogP contribution in [0, 0.1) is 27.3 Å². The molecule has 4 N–H and O–H groups in total. The van der Waals surface area contributed by atoms with Gasteiger partial charge in [0.1, 0.15) is 22.5 Å². The summed E-state index contributed by atoms with van der Waals surface area (Å²) in [6.45, 7) is 2.50. The average molecular weight is 403 g/mol. The van der Waals surface area contributed by atoms with E-state index in [4.69, 9.17) is 17.0 Å². The maximum Gasteiger partial charge on any atom is 0.122 e. The van der Waals surface area contributed by atoms with Crippen molar-refractivity contribution in [3.05, 3.63) is 40.0 Å². The second-order valence-electron chi connectivity index (χ2n) is 5.69. The number of nitrogens with one attached hydrogen (secondary N) is 2. The molecule has 0 amide bonds. The third-order valence-corrected chi connectivity index (χ3v) is 4.65. The highest BCUT2D eigenvalue weighted by Gasteiger charge is 2.16. The summed E-state index contributed by atoms with van der Waals surface area (Å²) < 4.78 is 5.36. The van der Waals surface area contributed by atoms with E-state index in [1.807, 2.05) is 6.07 Å². The number of H-pyrrole nitrogens is 1. The minimum Gasteiger partial charge on any atom is -0.497 e. The quantitative estimate of drug-likeness (QED) is 0.526. The summed E-state index contributed by atoms with van der Waals surface area (Å²) in [5, 5.41) is 22.2. The lowest BCUT2D eigenvalue weighted by atomic mass is 9.97. The van der Waals surface area contributed by atoms with Crippen LogP contribution in [-0.2, 0) is 0 Å². The van der Waals surface area contributed by atoms with Gasteiger partial charge in [0.2, 0.25) is 0 Å². The van der Waals surface area contributed by atoms with Crippen molar-refractivity contribution in [1.82, 2.24) is 10.3 Å². The number of hydrogen-bond donors (Lipinski definition) is 3. The molecule has 0 bridgehead atoms. The molecule has 1 fully saturated rings. The van der Waals surface area contributed by atoms with E-state index in [0.29, 0.717) is 27.5 Å². The summed E-state index contributed by atoms with van der Waals surface area (Å²) in [7, 11) is 1.57. The summed E-state index contributed by atoms with van der Waals surface area (Å²) in [6.07, 6.45) is 4.22. The van der Waals surface area contributed by atoms with E-state index in [1.165, 1.54) is 32.4 Å². The van der Waals surface area contributed by atoms with Gasteiger partial charge in [0.15, 0.2) is 0 Å². The molecule has 2 heterocycles. The smallest absolute Gasteiger partial charge is 0.122 e. The van der Waals surface area contributed by atoms with Gasteiger partial charge in [-0.15, -0.1) is 12.6 Å². The van der Waals surface area contributed by atoms with Gasteiger partial charge in [0, 0.05) is 5.56 Å². The van der Waals surface area contributed by atoms with Gasteiger partial charge in [-0.2, -0.15) is 10.5 Å². The number of rotatable bonds is 2. The predicted molar refractivity (Wildman–Crippen MR) is 111 cm³/mol. The minimum atomic E-state index is 0. The van der Waals surface area contributed by atoms with E-state index >= 15 is 0 Å². The van der Waals surface area contributed by atoms with Crippen LogP contribution < -0.4 is 10.1 Å². The Bertz CT molecular complexity index is 881. The maximum atomic E-state index is 9.29. The summed E-state index contributed by atoms with van der Waals surface area (Å²) in [5.74, 6) is 0.693. The van der Waals surface area contributed by atoms with Gasteiger partial charge < -0.3 is 20.5 Å². The molecule has 0 atom stereocenters. The van der Waals surface area contributed by atoms with E-state index in [9.17, 15) is 10.5 Å². The van der Waals surface area contributed by atoms with Crippen LogP contribution in [0.15, 0.2) is 29.3 Å². The molecule has 142 valence electrons. The highest BCUT2D eigenvalue weighted by molar-refractivity contribution is 7.80. The molecule has 1 aromatic carbocycles. The Morgan fingerprint density at radius 2 is 1.63 bits per heavy atom. The Morgan fingerprint density at radius 1 is 1.04 bits per heavy atom. The first-order chi connectivity index (χ1) is 12.6. The minimum absolute atomic E-state index is 0. The number of thiol groups is 1. The highest BCUT2D eigenvalue weighted by Crippen LogP contribution is 2.31. The largest absolute Gasteiger partial charge is 0.497 e. The molecule has 3 rings (SSSR count). The lowest BCUT2D eigenvalue weighted by Gasteiger charge is -2.10. The molecule has 27 heavy (non-hydrogen) atoms. The molecule has 0 radical (unpaired) electrons. The lowest BCUT2D eigenvalue weighted by molar-refractivity contribution is 0.415. The SMILES string of the molecule is C1CCNCC1.COc1ccc(-c2c(C#N)c(S)[nH]c(=S)c2C#N)cc1.O. The zero-order valence-electron chi connectivity index (χ0n) is 15.0. The first kappa shape index (κ1) is 22.7. The predicted octanol–water partition coefficient (Wildman–Crippen LogP) is 3.39. The number of piperidine rings is 1. The number of pyridine rings is 1. The van der Waals surface area contributed by atoms with Gasteiger partial charge in [0.05, 0.1) is 23.3 Å². The number of aromatic nitrogens is 1. The number of hydrogen-bond acceptors (Lipinski definition) is 6. The second kappa shape index (κ2) is 11.4. The number of nitrogens with zero attached hydrogens (tertiary/aromatic N) is 2. The fourth-order valence-corrected chi connectivity index (χ4v) is 3.25. The monoisotopic (exact) mass is 402 g/mol. The van der Waals surface area contributed by atoms with Crippen LogP contribution in [0.1, 0.15) is 30.4 Å². The zero-order valence-corrected chi connectivity index (χ0v) is 16.7. The number of benzene rings is 1. The maximum absolute atomic E-state index is 9.29. The van der Waals surface area contributed by atoms with Gasteiger partial charge in [0.25, 0.3) is 0 Å². The normalized spacial score (nSPS) is 12.4. The Morgan fingerprint density at radius 3 is 2.04 bits per heavy atom. The van der Waals surface area contributed by atoms with E-state index in [0.717, 1.165) is 0 Å².